The van der Waals surface area contributed by atoms with Gasteiger partial charge in [0.15, 0.2) is 0 Å². The molecule has 0 atom stereocenters. The van der Waals surface area contributed by atoms with Crippen LogP contribution in [0.1, 0.15) is 17.2 Å². The molecule has 100 valence electrons. The van der Waals surface area contributed by atoms with Gasteiger partial charge in [0.05, 0.1) is 12.7 Å². The van der Waals surface area contributed by atoms with Crippen molar-refractivity contribution in [3.8, 4) is 0 Å². The van der Waals surface area contributed by atoms with Crippen LogP contribution in [0.2, 0.25) is 0 Å². The number of aryl methyl sites for hydroxylation is 1. The number of nitrogens with zero attached hydrogens (tertiary/aromatic N) is 1. The van der Waals surface area contributed by atoms with Crippen molar-refractivity contribution < 1.29 is 4.42 Å². The molecule has 4 nitrogen and oxygen atoms in total. The van der Waals surface area contributed by atoms with Crippen LogP contribution in [0.25, 0.3) is 0 Å². The van der Waals surface area contributed by atoms with E-state index in [-0.39, 0.29) is 0 Å². The van der Waals surface area contributed by atoms with Gasteiger partial charge in [0, 0.05) is 16.1 Å². The van der Waals surface area contributed by atoms with E-state index in [1.54, 1.807) is 18.0 Å². The zero-order valence-corrected chi connectivity index (χ0v) is 12.4. The lowest BCUT2D eigenvalue weighted by Crippen LogP contribution is -2.14. The maximum atomic E-state index is 5.80. The van der Waals surface area contributed by atoms with E-state index in [0.29, 0.717) is 17.4 Å². The Kier molecular flexibility index (Phi) is 4.44. The second-order valence-corrected chi connectivity index (χ2v) is 5.25. The van der Waals surface area contributed by atoms with Crippen molar-refractivity contribution in [2.75, 3.05) is 11.6 Å². The van der Waals surface area contributed by atoms with Crippen LogP contribution < -0.4 is 11.1 Å². The quantitative estimate of drug-likeness (QED) is 0.653. The first kappa shape index (κ1) is 13.9. The number of thiocarbonyl (C=S) groups is 1. The molecule has 0 bridgehead atoms. The molecule has 0 aliphatic heterocycles. The molecule has 3 N–H and O–H groups in total. The Labute approximate surface area is 121 Å². The molecule has 0 aliphatic carbocycles. The first-order chi connectivity index (χ1) is 9.11. The van der Waals surface area contributed by atoms with Crippen LogP contribution in [-0.4, -0.2) is 16.2 Å². The van der Waals surface area contributed by atoms with Crippen LogP contribution in [0.4, 0.5) is 5.69 Å². The molecule has 1 aromatic heterocycles. The molecule has 0 saturated heterocycles. The molecule has 19 heavy (non-hydrogen) atoms. The smallest absolute Gasteiger partial charge is 0.213 e. The normalized spacial score (nSPS) is 10.4. The number of oxazole rings is 1. The van der Waals surface area contributed by atoms with E-state index in [4.69, 9.17) is 22.4 Å². The molecular formula is C13H15N3OS2. The highest BCUT2D eigenvalue weighted by Crippen LogP contribution is 2.27. The Morgan fingerprint density at radius 3 is 2.89 bits per heavy atom. The highest BCUT2D eigenvalue weighted by Gasteiger charge is 2.11. The first-order valence-electron chi connectivity index (χ1n) is 5.74. The molecule has 0 amide bonds. The largest absolute Gasteiger partial charge is 0.444 e. The van der Waals surface area contributed by atoms with Gasteiger partial charge in [-0.05, 0) is 25.3 Å². The van der Waals surface area contributed by atoms with E-state index >= 15 is 0 Å². The van der Waals surface area contributed by atoms with Crippen molar-refractivity contribution in [2.24, 2.45) is 5.73 Å². The lowest BCUT2D eigenvalue weighted by atomic mass is 10.1. The van der Waals surface area contributed by atoms with Crippen LogP contribution >= 0.6 is 24.0 Å². The maximum Gasteiger partial charge on any atom is 0.213 e. The monoisotopic (exact) mass is 293 g/mol. The van der Waals surface area contributed by atoms with Crippen molar-refractivity contribution in [1.29, 1.82) is 0 Å². The Morgan fingerprint density at radius 1 is 1.53 bits per heavy atom. The van der Waals surface area contributed by atoms with Gasteiger partial charge in [-0.25, -0.2) is 4.98 Å². The third-order valence-electron chi connectivity index (χ3n) is 2.59. The van der Waals surface area contributed by atoms with Crippen LogP contribution in [0.15, 0.2) is 33.7 Å². The summed E-state index contributed by atoms with van der Waals surface area (Å²) in [6.45, 7) is 2.37. The molecule has 0 aliphatic rings. The van der Waals surface area contributed by atoms with Crippen molar-refractivity contribution in [1.82, 2.24) is 4.98 Å². The molecule has 0 fully saturated rings. The summed E-state index contributed by atoms with van der Waals surface area (Å²) in [5, 5.41) is 3.26. The Bertz CT molecular complexity index is 595. The van der Waals surface area contributed by atoms with Crippen LogP contribution in [0.5, 0.6) is 0 Å². The van der Waals surface area contributed by atoms with E-state index in [9.17, 15) is 0 Å². The predicted molar refractivity (Wildman–Crippen MR) is 82.7 cm³/mol. The van der Waals surface area contributed by atoms with Crippen molar-refractivity contribution in [2.45, 2.75) is 18.4 Å². The molecule has 1 aromatic carbocycles. The summed E-state index contributed by atoms with van der Waals surface area (Å²) in [5.74, 6) is 1.44. The van der Waals surface area contributed by atoms with E-state index < -0.39 is 0 Å². The fraction of sp³-hybridized carbons (Fsp3) is 0.231. The number of benzene rings is 1. The van der Waals surface area contributed by atoms with Crippen molar-refractivity contribution >= 4 is 34.7 Å². The zero-order chi connectivity index (χ0) is 13.8. The average molecular weight is 293 g/mol. The Hall–Kier alpha value is -1.53. The minimum absolute atomic E-state index is 0.385. The van der Waals surface area contributed by atoms with Gasteiger partial charge in [0.1, 0.15) is 10.7 Å². The highest BCUT2D eigenvalue weighted by molar-refractivity contribution is 7.98. The summed E-state index contributed by atoms with van der Waals surface area (Å²) < 4.78 is 5.42. The van der Waals surface area contributed by atoms with E-state index in [1.807, 2.05) is 31.4 Å². The fourth-order valence-corrected chi connectivity index (χ4v) is 2.68. The molecule has 1 heterocycles. The molecule has 0 spiro atoms. The third kappa shape index (κ3) is 3.27. The van der Waals surface area contributed by atoms with Gasteiger partial charge in [-0.15, -0.1) is 11.8 Å². The first-order valence-corrected chi connectivity index (χ1v) is 7.37. The van der Waals surface area contributed by atoms with Gasteiger partial charge in [-0.1, -0.05) is 18.3 Å². The molecule has 2 rings (SSSR count). The summed E-state index contributed by atoms with van der Waals surface area (Å²) in [5.41, 5.74) is 7.57. The van der Waals surface area contributed by atoms with E-state index in [1.165, 1.54) is 0 Å². The van der Waals surface area contributed by atoms with E-state index in [2.05, 4.69) is 10.3 Å². The number of hydrogen-bond donors (Lipinski definition) is 2. The SMILES string of the molecule is CSc1cccc(NCc2ncc(C)o2)c1C(N)=S. The summed E-state index contributed by atoms with van der Waals surface area (Å²) in [6, 6.07) is 5.92. The topological polar surface area (TPSA) is 64.1 Å². The third-order valence-corrected chi connectivity index (χ3v) is 3.58. The number of nitrogens with two attached hydrogens (primary N) is 1. The lowest BCUT2D eigenvalue weighted by Gasteiger charge is -2.13. The standard InChI is InChI=1S/C13H15N3OS2/c1-8-6-16-11(17-8)7-15-9-4-3-5-10(19-2)12(9)13(14)18/h3-6,15H,7H2,1-2H3,(H2,14,18). The average Bonchev–Trinajstić information content (AvgIpc) is 2.81. The maximum absolute atomic E-state index is 5.80. The second-order valence-electron chi connectivity index (χ2n) is 3.97. The fourth-order valence-electron chi connectivity index (χ4n) is 1.76. The number of thioether (sulfide) groups is 1. The molecule has 2 aromatic rings. The van der Waals surface area contributed by atoms with Gasteiger partial charge in [0.2, 0.25) is 5.89 Å². The highest BCUT2D eigenvalue weighted by atomic mass is 32.2. The summed E-state index contributed by atoms with van der Waals surface area (Å²) in [6.07, 6.45) is 3.70. The van der Waals surface area contributed by atoms with Gasteiger partial charge in [-0.3, -0.25) is 0 Å². The molecular weight excluding hydrogens is 278 g/mol. The Balaban J connectivity index is 2.22. The van der Waals surface area contributed by atoms with Gasteiger partial charge >= 0.3 is 0 Å². The molecule has 0 saturated carbocycles. The number of anilines is 1. The van der Waals surface area contributed by atoms with Gasteiger partial charge in [-0.2, -0.15) is 0 Å². The van der Waals surface area contributed by atoms with Gasteiger partial charge < -0.3 is 15.5 Å². The number of nitrogens with one attached hydrogen (secondary N) is 1. The van der Waals surface area contributed by atoms with Crippen LogP contribution in [0, 0.1) is 6.92 Å². The predicted octanol–water partition coefficient (Wildman–Crippen LogP) is 2.95. The minimum Gasteiger partial charge on any atom is -0.444 e. The van der Waals surface area contributed by atoms with E-state index in [0.717, 1.165) is 21.9 Å². The molecule has 0 radical (unpaired) electrons. The Morgan fingerprint density at radius 2 is 2.32 bits per heavy atom. The zero-order valence-electron chi connectivity index (χ0n) is 10.8. The minimum atomic E-state index is 0.385. The number of rotatable bonds is 5. The molecule has 6 heteroatoms. The number of aromatic nitrogens is 1. The van der Waals surface area contributed by atoms with Gasteiger partial charge in [0.25, 0.3) is 0 Å². The number of hydrogen-bond acceptors (Lipinski definition) is 5. The lowest BCUT2D eigenvalue weighted by molar-refractivity contribution is 0.479. The van der Waals surface area contributed by atoms with Crippen LogP contribution in [0.3, 0.4) is 0 Å². The summed E-state index contributed by atoms with van der Waals surface area (Å²) >= 11 is 6.74. The summed E-state index contributed by atoms with van der Waals surface area (Å²) in [7, 11) is 0. The second kappa shape index (κ2) is 6.08. The molecule has 0 unspecified atom stereocenters. The van der Waals surface area contributed by atoms with Crippen molar-refractivity contribution in [3.63, 3.8) is 0 Å². The summed E-state index contributed by atoms with van der Waals surface area (Å²) in [4.78, 5) is 5.59. The van der Waals surface area contributed by atoms with Crippen molar-refractivity contribution in [3.05, 3.63) is 41.6 Å². The van der Waals surface area contributed by atoms with Crippen LogP contribution in [-0.2, 0) is 6.54 Å².